The molecule has 0 bridgehead atoms. The van der Waals surface area contributed by atoms with Crippen molar-refractivity contribution >= 4 is 12.0 Å². The highest BCUT2D eigenvalue weighted by atomic mass is 19.4. The first kappa shape index (κ1) is 15.4. The third-order valence-electron chi connectivity index (χ3n) is 3.51. The van der Waals surface area contributed by atoms with Gasteiger partial charge < -0.3 is 4.90 Å². The summed E-state index contributed by atoms with van der Waals surface area (Å²) in [6, 6.07) is 5.01. The largest absolute Gasteiger partial charge is 0.416 e. The number of nitrogens with zero attached hydrogens (tertiary/aromatic N) is 1. The second-order valence-corrected chi connectivity index (χ2v) is 5.51. The van der Waals surface area contributed by atoms with E-state index in [9.17, 15) is 18.0 Å². The van der Waals surface area contributed by atoms with E-state index in [4.69, 9.17) is 0 Å². The summed E-state index contributed by atoms with van der Waals surface area (Å²) < 4.78 is 37.3. The molecule has 1 aliphatic heterocycles. The Hall–Kier alpha value is -2.04. The number of alkyl halides is 3. The Bertz CT molecular complexity index is 566. The third-order valence-corrected chi connectivity index (χ3v) is 3.51. The van der Waals surface area contributed by atoms with Crippen LogP contribution in [0.2, 0.25) is 0 Å². The van der Waals surface area contributed by atoms with Gasteiger partial charge in [-0.05, 0) is 23.8 Å². The highest BCUT2D eigenvalue weighted by Gasteiger charge is 2.38. The van der Waals surface area contributed by atoms with E-state index in [0.717, 1.165) is 12.1 Å². The van der Waals surface area contributed by atoms with Crippen molar-refractivity contribution in [2.45, 2.75) is 13.1 Å². The molecule has 1 saturated heterocycles. The SMILES string of the molecule is C=CC(=O)N1CC(C)(C=Cc2ccc(C(F)(F)F)cc2)C1. The van der Waals surface area contributed by atoms with Crippen LogP contribution in [0, 0.1) is 5.41 Å². The second kappa shape index (κ2) is 5.39. The molecule has 0 atom stereocenters. The van der Waals surface area contributed by atoms with Crippen LogP contribution in [0.5, 0.6) is 0 Å². The Balaban J connectivity index is 1.99. The molecule has 0 unspecified atom stereocenters. The number of likely N-dealkylation sites (tertiary alicyclic amines) is 1. The Morgan fingerprint density at radius 2 is 1.86 bits per heavy atom. The first-order valence-corrected chi connectivity index (χ1v) is 6.51. The molecule has 21 heavy (non-hydrogen) atoms. The van der Waals surface area contributed by atoms with Crippen molar-refractivity contribution in [3.63, 3.8) is 0 Å². The van der Waals surface area contributed by atoms with Gasteiger partial charge in [-0.25, -0.2) is 0 Å². The zero-order chi connectivity index (χ0) is 15.7. The molecule has 2 nitrogen and oxygen atoms in total. The van der Waals surface area contributed by atoms with Gasteiger partial charge in [-0.2, -0.15) is 13.2 Å². The fourth-order valence-corrected chi connectivity index (χ4v) is 2.30. The molecule has 5 heteroatoms. The monoisotopic (exact) mass is 295 g/mol. The lowest BCUT2D eigenvalue weighted by Crippen LogP contribution is -2.55. The zero-order valence-electron chi connectivity index (χ0n) is 11.7. The number of rotatable bonds is 3. The Morgan fingerprint density at radius 3 is 2.33 bits per heavy atom. The van der Waals surface area contributed by atoms with Gasteiger partial charge in [-0.15, -0.1) is 0 Å². The van der Waals surface area contributed by atoms with Crippen molar-refractivity contribution in [1.29, 1.82) is 0 Å². The molecule has 2 rings (SSSR count). The Kier molecular flexibility index (Phi) is 3.94. The van der Waals surface area contributed by atoms with Crippen LogP contribution in [0.3, 0.4) is 0 Å². The van der Waals surface area contributed by atoms with E-state index < -0.39 is 11.7 Å². The van der Waals surface area contributed by atoms with Gasteiger partial charge in [0.05, 0.1) is 5.56 Å². The van der Waals surface area contributed by atoms with Crippen molar-refractivity contribution in [1.82, 2.24) is 4.90 Å². The number of hydrogen-bond acceptors (Lipinski definition) is 1. The minimum absolute atomic E-state index is 0.101. The fraction of sp³-hybridized carbons (Fsp3) is 0.312. The van der Waals surface area contributed by atoms with Gasteiger partial charge in [-0.3, -0.25) is 4.79 Å². The first-order chi connectivity index (χ1) is 9.73. The molecular formula is C16H16F3NO. The predicted molar refractivity (Wildman–Crippen MR) is 75.4 cm³/mol. The topological polar surface area (TPSA) is 20.3 Å². The molecule has 112 valence electrons. The van der Waals surface area contributed by atoms with Gasteiger partial charge in [0.2, 0.25) is 5.91 Å². The maximum absolute atomic E-state index is 12.4. The molecule has 1 heterocycles. The van der Waals surface area contributed by atoms with Gasteiger partial charge in [-0.1, -0.05) is 37.8 Å². The smallest absolute Gasteiger partial charge is 0.337 e. The van der Waals surface area contributed by atoms with E-state index in [0.29, 0.717) is 18.7 Å². The normalized spacial score (nSPS) is 17.6. The molecule has 1 aromatic carbocycles. The van der Waals surface area contributed by atoms with E-state index in [-0.39, 0.29) is 11.3 Å². The lowest BCUT2D eigenvalue weighted by molar-refractivity contribution is -0.137. The van der Waals surface area contributed by atoms with Crippen molar-refractivity contribution in [3.05, 3.63) is 54.1 Å². The average Bonchev–Trinajstić information content (AvgIpc) is 2.41. The number of amides is 1. The summed E-state index contributed by atoms with van der Waals surface area (Å²) in [6.07, 6.45) is 0.686. The quantitative estimate of drug-likeness (QED) is 0.778. The number of carbonyl (C=O) groups excluding carboxylic acids is 1. The van der Waals surface area contributed by atoms with Crippen LogP contribution in [0.4, 0.5) is 13.2 Å². The predicted octanol–water partition coefficient (Wildman–Crippen LogP) is 3.75. The summed E-state index contributed by atoms with van der Waals surface area (Å²) in [4.78, 5) is 13.0. The van der Waals surface area contributed by atoms with Crippen molar-refractivity contribution < 1.29 is 18.0 Å². The summed E-state index contributed by atoms with van der Waals surface area (Å²) >= 11 is 0. The number of halogens is 3. The number of benzene rings is 1. The van der Waals surface area contributed by atoms with Crippen molar-refractivity contribution in [3.8, 4) is 0 Å². The standard InChI is InChI=1S/C16H16F3NO/c1-3-14(21)20-10-15(2,11-20)9-8-12-4-6-13(7-5-12)16(17,18)19/h3-9H,1,10-11H2,2H3. The maximum Gasteiger partial charge on any atom is 0.416 e. The molecular weight excluding hydrogens is 279 g/mol. The molecule has 1 amide bonds. The van der Waals surface area contributed by atoms with Crippen molar-refractivity contribution in [2.24, 2.45) is 5.41 Å². The highest BCUT2D eigenvalue weighted by molar-refractivity contribution is 5.87. The molecule has 1 aromatic rings. The van der Waals surface area contributed by atoms with E-state index in [1.807, 2.05) is 13.0 Å². The number of carbonyl (C=O) groups is 1. The van der Waals surface area contributed by atoms with Gasteiger partial charge in [0.1, 0.15) is 0 Å². The molecule has 0 radical (unpaired) electrons. The van der Waals surface area contributed by atoms with E-state index >= 15 is 0 Å². The van der Waals surface area contributed by atoms with Crippen LogP contribution < -0.4 is 0 Å². The summed E-state index contributed by atoms with van der Waals surface area (Å²) in [5, 5.41) is 0. The zero-order valence-corrected chi connectivity index (χ0v) is 11.7. The summed E-state index contributed by atoms with van der Waals surface area (Å²) in [6.45, 7) is 6.62. The Morgan fingerprint density at radius 1 is 1.29 bits per heavy atom. The molecule has 0 spiro atoms. The lowest BCUT2D eigenvalue weighted by atomic mass is 9.81. The average molecular weight is 295 g/mol. The van der Waals surface area contributed by atoms with Gasteiger partial charge in [0.25, 0.3) is 0 Å². The lowest BCUT2D eigenvalue weighted by Gasteiger charge is -2.46. The van der Waals surface area contributed by atoms with Gasteiger partial charge >= 0.3 is 6.18 Å². The second-order valence-electron chi connectivity index (χ2n) is 5.51. The van der Waals surface area contributed by atoms with E-state index in [2.05, 4.69) is 6.58 Å². The van der Waals surface area contributed by atoms with E-state index in [1.165, 1.54) is 18.2 Å². The van der Waals surface area contributed by atoms with Crippen LogP contribution >= 0.6 is 0 Å². The van der Waals surface area contributed by atoms with Crippen LogP contribution in [-0.2, 0) is 11.0 Å². The van der Waals surface area contributed by atoms with Gasteiger partial charge in [0.15, 0.2) is 0 Å². The Labute approximate surface area is 121 Å². The van der Waals surface area contributed by atoms with Crippen LogP contribution in [0.15, 0.2) is 43.0 Å². The molecule has 0 N–H and O–H groups in total. The summed E-state index contributed by atoms with van der Waals surface area (Å²) in [5.74, 6) is -0.101. The molecule has 0 aliphatic carbocycles. The van der Waals surface area contributed by atoms with Crippen LogP contribution in [-0.4, -0.2) is 23.9 Å². The fourth-order valence-electron chi connectivity index (χ4n) is 2.30. The first-order valence-electron chi connectivity index (χ1n) is 6.51. The minimum Gasteiger partial charge on any atom is -0.337 e. The highest BCUT2D eigenvalue weighted by Crippen LogP contribution is 2.33. The molecule has 0 aromatic heterocycles. The molecule has 1 aliphatic rings. The summed E-state index contributed by atoms with van der Waals surface area (Å²) in [5.41, 5.74) is -0.0866. The molecule has 1 fully saturated rings. The molecule has 0 saturated carbocycles. The van der Waals surface area contributed by atoms with Crippen LogP contribution in [0.25, 0.3) is 6.08 Å². The minimum atomic E-state index is -4.31. The van der Waals surface area contributed by atoms with Crippen LogP contribution in [0.1, 0.15) is 18.1 Å². The van der Waals surface area contributed by atoms with Crippen molar-refractivity contribution in [2.75, 3.05) is 13.1 Å². The maximum atomic E-state index is 12.4. The summed E-state index contributed by atoms with van der Waals surface area (Å²) in [7, 11) is 0. The third kappa shape index (κ3) is 3.54. The number of hydrogen-bond donors (Lipinski definition) is 0. The van der Waals surface area contributed by atoms with E-state index in [1.54, 1.807) is 11.0 Å². The van der Waals surface area contributed by atoms with Gasteiger partial charge in [0, 0.05) is 18.5 Å².